The summed E-state index contributed by atoms with van der Waals surface area (Å²) in [6, 6.07) is 13.1. The molecule has 0 radical (unpaired) electrons. The Balaban J connectivity index is 1.32. The Labute approximate surface area is 305 Å². The van der Waals surface area contributed by atoms with Crippen LogP contribution in [0.2, 0.25) is 0 Å². The molecule has 52 heavy (non-hydrogen) atoms. The molecule has 2 aliphatic heterocycles. The van der Waals surface area contributed by atoms with Crippen LogP contribution in [0, 0.1) is 5.92 Å². The number of nitrogens with one attached hydrogen (secondary N) is 3. The molecule has 0 aromatic heterocycles. The van der Waals surface area contributed by atoms with Crippen LogP contribution in [0.4, 0.5) is 0 Å². The number of carbonyl (C=O) groups excluding carboxylic acids is 1. The van der Waals surface area contributed by atoms with Gasteiger partial charge in [0.15, 0.2) is 11.5 Å². The van der Waals surface area contributed by atoms with Gasteiger partial charge in [0.25, 0.3) is 0 Å². The molecule has 2 aliphatic carbocycles. The van der Waals surface area contributed by atoms with Crippen LogP contribution in [0.1, 0.15) is 66.9 Å². The number of likely N-dealkylation sites (N-methyl/N-ethyl adjacent to an activating group) is 2. The lowest BCUT2D eigenvalue weighted by Crippen LogP contribution is -2.37. The van der Waals surface area contributed by atoms with Crippen molar-refractivity contribution in [3.05, 3.63) is 88.6 Å². The van der Waals surface area contributed by atoms with Gasteiger partial charge in [-0.3, -0.25) is 4.79 Å². The fraction of sp³-hybridized carbons (Fsp3) is 0.439. The van der Waals surface area contributed by atoms with Crippen molar-refractivity contribution in [1.29, 1.82) is 0 Å². The van der Waals surface area contributed by atoms with Crippen LogP contribution < -0.4 is 35.9 Å². The summed E-state index contributed by atoms with van der Waals surface area (Å²) < 4.78 is 25.0. The molecule has 11 nitrogen and oxygen atoms in total. The van der Waals surface area contributed by atoms with Crippen molar-refractivity contribution < 1.29 is 34.0 Å². The minimum absolute atomic E-state index is 0.0356. The van der Waals surface area contributed by atoms with Gasteiger partial charge in [-0.15, -0.1) is 0 Å². The number of esters is 1. The van der Waals surface area contributed by atoms with E-state index in [0.29, 0.717) is 30.5 Å². The molecule has 0 saturated heterocycles. The van der Waals surface area contributed by atoms with Crippen LogP contribution in [-0.2, 0) is 21.4 Å². The zero-order chi connectivity index (χ0) is 36.6. The van der Waals surface area contributed by atoms with E-state index in [0.717, 1.165) is 71.2 Å². The monoisotopic (exact) mass is 710 g/mol. The Hall–Kier alpha value is -4.71. The highest BCUT2D eigenvalue weighted by atomic mass is 16.5. The van der Waals surface area contributed by atoms with Gasteiger partial charge >= 0.3 is 5.97 Å². The van der Waals surface area contributed by atoms with E-state index < -0.39 is 6.10 Å². The number of dihydropyridines is 1. The van der Waals surface area contributed by atoms with E-state index in [4.69, 9.17) is 24.7 Å². The smallest absolute Gasteiger partial charge is 0.302 e. The van der Waals surface area contributed by atoms with Gasteiger partial charge < -0.3 is 50.8 Å². The van der Waals surface area contributed by atoms with Gasteiger partial charge in [0.2, 0.25) is 0 Å². The lowest BCUT2D eigenvalue weighted by atomic mass is 9.65. The normalized spacial score (nSPS) is 24.1. The number of phenolic OH excluding ortho intramolecular Hbond substituents is 2. The molecule has 4 aliphatic rings. The number of allylic oxidation sites excluding steroid dienone is 2. The molecule has 5 unspecified atom stereocenters. The third kappa shape index (κ3) is 6.80. The lowest BCUT2D eigenvalue weighted by molar-refractivity contribution is -0.141. The Morgan fingerprint density at radius 3 is 2.63 bits per heavy atom. The first kappa shape index (κ1) is 35.7. The number of carbonyl (C=O) groups is 1. The van der Waals surface area contributed by atoms with Crippen LogP contribution in [0.15, 0.2) is 66.4 Å². The highest BCUT2D eigenvalue weighted by Gasteiger charge is 2.50. The molecule has 3 aromatic carbocycles. The summed E-state index contributed by atoms with van der Waals surface area (Å²) in [4.78, 5) is 12.2. The second-order valence-electron chi connectivity index (χ2n) is 14.7. The van der Waals surface area contributed by atoms with Crippen molar-refractivity contribution in [2.75, 3.05) is 40.9 Å². The van der Waals surface area contributed by atoms with E-state index in [1.807, 2.05) is 44.6 Å². The average Bonchev–Trinajstić information content (AvgIpc) is 3.69. The van der Waals surface area contributed by atoms with Crippen LogP contribution in [0.5, 0.6) is 28.7 Å². The van der Waals surface area contributed by atoms with Crippen LogP contribution in [0.25, 0.3) is 11.1 Å². The van der Waals surface area contributed by atoms with E-state index in [1.54, 1.807) is 19.2 Å². The molecule has 7 rings (SSSR count). The fourth-order valence-corrected chi connectivity index (χ4v) is 8.91. The largest absolute Gasteiger partial charge is 0.508 e. The number of benzene rings is 3. The van der Waals surface area contributed by atoms with E-state index in [1.165, 1.54) is 12.5 Å². The number of ether oxygens (including phenoxy) is 4. The van der Waals surface area contributed by atoms with Gasteiger partial charge in [-0.25, -0.2) is 0 Å². The van der Waals surface area contributed by atoms with Crippen LogP contribution in [0.3, 0.4) is 0 Å². The molecule has 276 valence electrons. The van der Waals surface area contributed by atoms with Crippen LogP contribution in [-0.4, -0.2) is 69.4 Å². The van der Waals surface area contributed by atoms with Gasteiger partial charge in [0, 0.05) is 54.4 Å². The molecule has 3 aromatic rings. The standard InChI is InChI=1S/C41H50N4O7/c1-23(46)50-22-32-30-7-8-31-37-27(14-28(47)16-35(37)49-4)18-41(12-11-24(17-41)13-25-5-10-36(42)45-19-25)38(31)40(30)52-39(32)26-6-9-33(48)34(15-26)51-29(20-43-2)21-44-3/h5-10,14-16,19,24,29,32,36,39,43-45,47-48H,11-13,17-18,20-22,42H2,1-4H3. The zero-order valence-electron chi connectivity index (χ0n) is 30.3. The molecular formula is C41H50N4O7. The van der Waals surface area contributed by atoms with Gasteiger partial charge in [-0.2, -0.15) is 0 Å². The number of rotatable bonds is 12. The minimum atomic E-state index is -0.513. The SMILES string of the molecule is CNCC(CNC)Oc1cc(C2Oc3c(ccc4c3C3(CCC(CC5=CNC(N)C=C5)C3)Cc3cc(O)cc(OC)c3-4)C2COC(C)=O)ccc1O. The quantitative estimate of drug-likeness (QED) is 0.140. The Morgan fingerprint density at radius 2 is 1.92 bits per heavy atom. The van der Waals surface area contributed by atoms with Gasteiger partial charge in [0.1, 0.15) is 36.1 Å². The first-order chi connectivity index (χ1) is 25.1. The minimum Gasteiger partial charge on any atom is -0.508 e. The molecule has 11 heteroatoms. The van der Waals surface area contributed by atoms with Crippen molar-refractivity contribution in [2.45, 2.75) is 68.7 Å². The summed E-state index contributed by atoms with van der Waals surface area (Å²) >= 11 is 0. The van der Waals surface area contributed by atoms with E-state index in [-0.39, 0.29) is 47.7 Å². The van der Waals surface area contributed by atoms with Crippen molar-refractivity contribution in [1.82, 2.24) is 16.0 Å². The highest BCUT2D eigenvalue weighted by molar-refractivity contribution is 5.84. The van der Waals surface area contributed by atoms with Crippen LogP contribution >= 0.6 is 0 Å². The summed E-state index contributed by atoms with van der Waals surface area (Å²) in [5, 5.41) is 31.2. The van der Waals surface area contributed by atoms with Crippen molar-refractivity contribution in [2.24, 2.45) is 11.7 Å². The second kappa shape index (κ2) is 14.7. The molecule has 7 N–H and O–H groups in total. The first-order valence-corrected chi connectivity index (χ1v) is 18.2. The number of hydrogen-bond donors (Lipinski definition) is 6. The number of methoxy groups -OCH3 is 1. The highest BCUT2D eigenvalue weighted by Crippen LogP contribution is 2.62. The number of phenols is 2. The second-order valence-corrected chi connectivity index (χ2v) is 14.7. The van der Waals surface area contributed by atoms with Gasteiger partial charge in [-0.05, 0) is 98.7 Å². The van der Waals surface area contributed by atoms with E-state index in [2.05, 4.69) is 34.2 Å². The lowest BCUT2D eigenvalue weighted by Gasteiger charge is -2.39. The maximum atomic E-state index is 12.2. The molecule has 2 heterocycles. The summed E-state index contributed by atoms with van der Waals surface area (Å²) in [5.41, 5.74) is 13.0. The van der Waals surface area contributed by atoms with E-state index >= 15 is 0 Å². The molecule has 1 spiro atoms. The Morgan fingerprint density at radius 1 is 1.12 bits per heavy atom. The third-order valence-corrected chi connectivity index (χ3v) is 11.1. The van der Waals surface area contributed by atoms with Crippen molar-refractivity contribution in [3.8, 4) is 39.9 Å². The number of nitrogens with two attached hydrogens (primary N) is 1. The number of hydrogen-bond acceptors (Lipinski definition) is 11. The fourth-order valence-electron chi connectivity index (χ4n) is 8.91. The van der Waals surface area contributed by atoms with Gasteiger partial charge in [0.05, 0.1) is 19.2 Å². The maximum Gasteiger partial charge on any atom is 0.302 e. The van der Waals surface area contributed by atoms with E-state index in [9.17, 15) is 15.0 Å². The molecule has 5 atom stereocenters. The zero-order valence-corrected chi connectivity index (χ0v) is 30.3. The molecule has 1 fully saturated rings. The maximum absolute atomic E-state index is 12.2. The Bertz CT molecular complexity index is 1890. The molecular weight excluding hydrogens is 660 g/mol. The van der Waals surface area contributed by atoms with Crippen molar-refractivity contribution in [3.63, 3.8) is 0 Å². The average molecular weight is 711 g/mol. The first-order valence-electron chi connectivity index (χ1n) is 18.2. The summed E-state index contributed by atoms with van der Waals surface area (Å²) in [6.45, 7) is 2.71. The Kier molecular flexibility index (Phi) is 10.1. The predicted molar refractivity (Wildman–Crippen MR) is 199 cm³/mol. The number of fused-ring (bicyclic) bond motifs is 6. The molecule has 1 saturated carbocycles. The summed E-state index contributed by atoms with van der Waals surface area (Å²) in [7, 11) is 5.35. The van der Waals surface area contributed by atoms with Gasteiger partial charge in [-0.1, -0.05) is 24.3 Å². The predicted octanol–water partition coefficient (Wildman–Crippen LogP) is 5.05. The molecule has 0 amide bonds. The van der Waals surface area contributed by atoms with Crippen molar-refractivity contribution >= 4 is 5.97 Å². The third-order valence-electron chi connectivity index (χ3n) is 11.1. The summed E-state index contributed by atoms with van der Waals surface area (Å²) in [6.07, 6.45) is 9.80. The number of aromatic hydroxyl groups is 2. The topological polar surface area (TPSA) is 157 Å². The molecule has 0 bridgehead atoms. The summed E-state index contributed by atoms with van der Waals surface area (Å²) in [5.74, 6) is 1.75.